The number of rotatable bonds is 5. The van der Waals surface area contributed by atoms with Crippen molar-refractivity contribution in [2.75, 3.05) is 33.4 Å². The first kappa shape index (κ1) is 17.4. The third-order valence-corrected chi connectivity index (χ3v) is 5.30. The third kappa shape index (κ3) is 4.15. The van der Waals surface area contributed by atoms with E-state index in [1.807, 2.05) is 37.4 Å². The van der Waals surface area contributed by atoms with E-state index in [1.54, 1.807) is 4.90 Å². The largest absolute Gasteiger partial charge is 0.393 e. The van der Waals surface area contributed by atoms with E-state index in [-0.39, 0.29) is 24.0 Å². The number of amides is 1. The molecule has 5 heteroatoms. The zero-order chi connectivity index (χ0) is 16.9. The van der Waals surface area contributed by atoms with Crippen molar-refractivity contribution in [1.82, 2.24) is 9.80 Å². The van der Waals surface area contributed by atoms with E-state index in [0.29, 0.717) is 32.7 Å². The molecule has 2 fully saturated rings. The first-order valence-electron chi connectivity index (χ1n) is 8.93. The molecule has 24 heavy (non-hydrogen) atoms. The van der Waals surface area contributed by atoms with Gasteiger partial charge in [-0.2, -0.15) is 0 Å². The minimum Gasteiger partial charge on any atom is -0.393 e. The number of likely N-dealkylation sites (tertiary alicyclic amines) is 1. The van der Waals surface area contributed by atoms with Gasteiger partial charge in [0.2, 0.25) is 5.91 Å². The number of aliphatic hydroxyl groups excluding tert-OH is 1. The molecule has 0 spiro atoms. The molecule has 0 radical (unpaired) electrons. The molecule has 3 atom stereocenters. The van der Waals surface area contributed by atoms with E-state index in [1.165, 1.54) is 0 Å². The molecule has 1 amide bonds. The second-order valence-electron chi connectivity index (χ2n) is 7.01. The SMILES string of the molecule is CN(Cc1ccccc1)C(=O)CN1CCC[C@@H]1[C@@H]1COCC[C@H]1O. The predicted octanol–water partition coefficient (Wildman–Crippen LogP) is 1.51. The molecule has 132 valence electrons. The van der Waals surface area contributed by atoms with Crippen LogP contribution in [-0.2, 0) is 16.1 Å². The lowest BCUT2D eigenvalue weighted by atomic mass is 9.89. The lowest BCUT2D eigenvalue weighted by molar-refractivity contribution is -0.133. The molecule has 0 bridgehead atoms. The highest BCUT2D eigenvalue weighted by Gasteiger charge is 2.38. The number of likely N-dealkylation sites (N-methyl/N-ethyl adjacent to an activating group) is 1. The van der Waals surface area contributed by atoms with Gasteiger partial charge in [0.1, 0.15) is 0 Å². The average molecular weight is 332 g/mol. The quantitative estimate of drug-likeness (QED) is 0.888. The van der Waals surface area contributed by atoms with E-state index in [0.717, 1.165) is 24.9 Å². The van der Waals surface area contributed by atoms with Gasteiger partial charge in [-0.25, -0.2) is 0 Å². The third-order valence-electron chi connectivity index (χ3n) is 5.30. The van der Waals surface area contributed by atoms with Crippen molar-refractivity contribution >= 4 is 5.91 Å². The summed E-state index contributed by atoms with van der Waals surface area (Å²) in [5, 5.41) is 10.3. The van der Waals surface area contributed by atoms with Crippen molar-refractivity contribution in [3.63, 3.8) is 0 Å². The van der Waals surface area contributed by atoms with Gasteiger partial charge in [0.25, 0.3) is 0 Å². The minimum absolute atomic E-state index is 0.133. The molecule has 2 heterocycles. The van der Waals surface area contributed by atoms with Crippen molar-refractivity contribution in [2.24, 2.45) is 5.92 Å². The maximum absolute atomic E-state index is 12.6. The van der Waals surface area contributed by atoms with Crippen LogP contribution in [0.5, 0.6) is 0 Å². The van der Waals surface area contributed by atoms with Crippen LogP contribution in [0, 0.1) is 5.92 Å². The van der Waals surface area contributed by atoms with E-state index in [2.05, 4.69) is 4.90 Å². The Morgan fingerprint density at radius 1 is 1.33 bits per heavy atom. The van der Waals surface area contributed by atoms with Crippen LogP contribution in [0.4, 0.5) is 0 Å². The van der Waals surface area contributed by atoms with E-state index >= 15 is 0 Å². The first-order chi connectivity index (χ1) is 11.6. The average Bonchev–Trinajstić information content (AvgIpc) is 3.04. The minimum atomic E-state index is -0.304. The zero-order valence-corrected chi connectivity index (χ0v) is 14.4. The molecular formula is C19H28N2O3. The number of aliphatic hydroxyl groups is 1. The number of hydrogen-bond acceptors (Lipinski definition) is 4. The molecule has 5 nitrogen and oxygen atoms in total. The van der Waals surface area contributed by atoms with Crippen LogP contribution >= 0.6 is 0 Å². The molecule has 2 aliphatic rings. The lowest BCUT2D eigenvalue weighted by Gasteiger charge is -2.37. The molecule has 0 saturated carbocycles. The molecule has 2 saturated heterocycles. The molecule has 0 aromatic heterocycles. The second kappa shape index (κ2) is 8.10. The second-order valence-corrected chi connectivity index (χ2v) is 7.01. The summed E-state index contributed by atoms with van der Waals surface area (Å²) in [5.74, 6) is 0.269. The summed E-state index contributed by atoms with van der Waals surface area (Å²) in [6, 6.07) is 10.3. The Balaban J connectivity index is 1.56. The van der Waals surface area contributed by atoms with Crippen molar-refractivity contribution < 1.29 is 14.6 Å². The summed E-state index contributed by atoms with van der Waals surface area (Å²) in [6.45, 7) is 3.24. The highest BCUT2D eigenvalue weighted by molar-refractivity contribution is 5.78. The van der Waals surface area contributed by atoms with Crippen LogP contribution in [0.2, 0.25) is 0 Å². The monoisotopic (exact) mass is 332 g/mol. The Kier molecular flexibility index (Phi) is 5.87. The smallest absolute Gasteiger partial charge is 0.236 e. The van der Waals surface area contributed by atoms with Gasteiger partial charge < -0.3 is 14.7 Å². The standard InChI is InChI=1S/C19H28N2O3/c1-20(12-15-6-3-2-4-7-15)19(23)13-21-10-5-8-17(21)16-14-24-11-9-18(16)22/h2-4,6-7,16-18,22H,5,8-14H2,1H3/t16-,17+,18+/m0/s1. The Bertz CT molecular complexity index is 537. The topological polar surface area (TPSA) is 53.0 Å². The Labute approximate surface area is 144 Å². The highest BCUT2D eigenvalue weighted by atomic mass is 16.5. The normalized spacial score (nSPS) is 28.0. The lowest BCUT2D eigenvalue weighted by Crippen LogP contribution is -2.48. The van der Waals surface area contributed by atoms with Gasteiger partial charge in [-0.3, -0.25) is 9.69 Å². The molecular weight excluding hydrogens is 304 g/mol. The van der Waals surface area contributed by atoms with Crippen molar-refractivity contribution in [3.8, 4) is 0 Å². The maximum Gasteiger partial charge on any atom is 0.236 e. The molecule has 0 aliphatic carbocycles. The highest BCUT2D eigenvalue weighted by Crippen LogP contribution is 2.29. The molecule has 2 aliphatic heterocycles. The van der Waals surface area contributed by atoms with Crippen LogP contribution in [0.1, 0.15) is 24.8 Å². The summed E-state index contributed by atoms with van der Waals surface area (Å²) in [5.41, 5.74) is 1.14. The predicted molar refractivity (Wildman–Crippen MR) is 92.4 cm³/mol. The Morgan fingerprint density at radius 2 is 2.12 bits per heavy atom. The molecule has 0 unspecified atom stereocenters. The Morgan fingerprint density at radius 3 is 2.88 bits per heavy atom. The Hall–Kier alpha value is -1.43. The van der Waals surface area contributed by atoms with Crippen molar-refractivity contribution in [3.05, 3.63) is 35.9 Å². The van der Waals surface area contributed by atoms with Gasteiger partial charge in [-0.15, -0.1) is 0 Å². The summed E-state index contributed by atoms with van der Waals surface area (Å²) < 4.78 is 5.56. The summed E-state index contributed by atoms with van der Waals surface area (Å²) in [7, 11) is 1.86. The summed E-state index contributed by atoms with van der Waals surface area (Å²) >= 11 is 0. The summed E-state index contributed by atoms with van der Waals surface area (Å²) in [4.78, 5) is 16.6. The van der Waals surface area contributed by atoms with E-state index in [4.69, 9.17) is 4.74 Å². The van der Waals surface area contributed by atoms with Gasteiger partial charge in [-0.05, 0) is 31.4 Å². The van der Waals surface area contributed by atoms with Crippen LogP contribution in [0.25, 0.3) is 0 Å². The van der Waals surface area contributed by atoms with Gasteiger partial charge >= 0.3 is 0 Å². The van der Waals surface area contributed by atoms with E-state index in [9.17, 15) is 9.90 Å². The van der Waals surface area contributed by atoms with Crippen LogP contribution < -0.4 is 0 Å². The number of carbonyl (C=O) groups is 1. The number of carbonyl (C=O) groups excluding carboxylic acids is 1. The van der Waals surface area contributed by atoms with Gasteiger partial charge in [0.15, 0.2) is 0 Å². The van der Waals surface area contributed by atoms with Crippen LogP contribution in [0.3, 0.4) is 0 Å². The van der Waals surface area contributed by atoms with E-state index < -0.39 is 0 Å². The number of benzene rings is 1. The van der Waals surface area contributed by atoms with Crippen molar-refractivity contribution in [2.45, 2.75) is 38.0 Å². The van der Waals surface area contributed by atoms with Crippen LogP contribution in [0.15, 0.2) is 30.3 Å². The fraction of sp³-hybridized carbons (Fsp3) is 0.632. The number of nitrogens with zero attached hydrogens (tertiary/aromatic N) is 2. The van der Waals surface area contributed by atoms with Crippen LogP contribution in [-0.4, -0.2) is 66.3 Å². The molecule has 1 aromatic carbocycles. The number of hydrogen-bond donors (Lipinski definition) is 1. The van der Waals surface area contributed by atoms with Gasteiger partial charge in [0.05, 0.1) is 19.3 Å². The molecule has 1 aromatic rings. The van der Waals surface area contributed by atoms with Crippen molar-refractivity contribution in [1.29, 1.82) is 0 Å². The fourth-order valence-corrected chi connectivity index (χ4v) is 3.89. The molecule has 3 rings (SSSR count). The first-order valence-corrected chi connectivity index (χ1v) is 8.93. The van der Waals surface area contributed by atoms with Gasteiger partial charge in [-0.1, -0.05) is 30.3 Å². The molecule has 1 N–H and O–H groups in total. The van der Waals surface area contributed by atoms with Gasteiger partial charge in [0, 0.05) is 32.2 Å². The number of ether oxygens (including phenoxy) is 1. The summed E-state index contributed by atoms with van der Waals surface area (Å²) in [6.07, 6.45) is 2.53. The maximum atomic E-state index is 12.6. The zero-order valence-electron chi connectivity index (χ0n) is 14.4. The fourth-order valence-electron chi connectivity index (χ4n) is 3.89.